The number of carbonyl (C=O) groups excluding carboxylic acids is 1. The van der Waals surface area contributed by atoms with Gasteiger partial charge in [-0.2, -0.15) is 0 Å². The normalized spacial score (nSPS) is 10.9. The molecule has 0 aliphatic carbocycles. The van der Waals surface area contributed by atoms with Crippen molar-refractivity contribution in [3.63, 3.8) is 0 Å². The van der Waals surface area contributed by atoms with Gasteiger partial charge >= 0.3 is 0 Å². The van der Waals surface area contributed by atoms with Crippen molar-refractivity contribution >= 4 is 23.3 Å². The Balaban J connectivity index is 2.00. The van der Waals surface area contributed by atoms with Crippen LogP contribution in [-0.2, 0) is 11.3 Å². The number of benzene rings is 1. The Labute approximate surface area is 124 Å². The van der Waals surface area contributed by atoms with Crippen molar-refractivity contribution in [2.45, 2.75) is 20.4 Å². The highest BCUT2D eigenvalue weighted by atomic mass is 32.1. The topological polar surface area (TPSA) is 20.3 Å². The monoisotopic (exact) mass is 285 g/mol. The zero-order valence-electron chi connectivity index (χ0n) is 11.9. The average molecular weight is 285 g/mol. The van der Waals surface area contributed by atoms with Crippen LogP contribution in [-0.4, -0.2) is 17.4 Å². The van der Waals surface area contributed by atoms with Gasteiger partial charge < -0.3 is 4.90 Å². The molecule has 0 aliphatic rings. The van der Waals surface area contributed by atoms with Gasteiger partial charge in [0.25, 0.3) is 0 Å². The standard InChI is InChI=1S/C17H19NOS/c1-3-18(13-16-5-4-12-20-16)17(19)11-10-15-8-6-14(2)7-9-15/h4-12H,3,13H2,1-2H3. The van der Waals surface area contributed by atoms with Gasteiger partial charge in [-0.05, 0) is 36.9 Å². The second kappa shape index (κ2) is 7.06. The Morgan fingerprint density at radius 1 is 1.25 bits per heavy atom. The summed E-state index contributed by atoms with van der Waals surface area (Å²) in [5.74, 6) is 0.0569. The summed E-state index contributed by atoms with van der Waals surface area (Å²) in [4.78, 5) is 15.2. The molecule has 1 aromatic heterocycles. The molecule has 3 heteroatoms. The first-order valence-corrected chi connectivity index (χ1v) is 7.63. The van der Waals surface area contributed by atoms with Crippen molar-refractivity contribution in [2.75, 3.05) is 6.54 Å². The molecule has 104 valence electrons. The number of hydrogen-bond donors (Lipinski definition) is 0. The van der Waals surface area contributed by atoms with E-state index in [4.69, 9.17) is 0 Å². The van der Waals surface area contributed by atoms with E-state index in [2.05, 4.69) is 13.0 Å². The molecule has 0 fully saturated rings. The van der Waals surface area contributed by atoms with E-state index in [0.717, 1.165) is 12.1 Å². The summed E-state index contributed by atoms with van der Waals surface area (Å²) in [7, 11) is 0. The number of nitrogens with zero attached hydrogens (tertiary/aromatic N) is 1. The summed E-state index contributed by atoms with van der Waals surface area (Å²) >= 11 is 1.68. The summed E-state index contributed by atoms with van der Waals surface area (Å²) in [6.45, 7) is 5.46. The highest BCUT2D eigenvalue weighted by Gasteiger charge is 2.09. The third-order valence-electron chi connectivity index (χ3n) is 3.12. The molecule has 1 aromatic carbocycles. The zero-order valence-corrected chi connectivity index (χ0v) is 12.7. The minimum absolute atomic E-state index is 0.0569. The SMILES string of the molecule is CCN(Cc1cccs1)C(=O)C=Cc1ccc(C)cc1. The van der Waals surface area contributed by atoms with Crippen LogP contribution in [0.3, 0.4) is 0 Å². The first-order chi connectivity index (χ1) is 9.69. The number of rotatable bonds is 5. The van der Waals surface area contributed by atoms with E-state index in [9.17, 15) is 4.79 Å². The smallest absolute Gasteiger partial charge is 0.246 e. The minimum atomic E-state index is 0.0569. The molecule has 2 aromatic rings. The molecular formula is C17H19NOS. The van der Waals surface area contributed by atoms with Gasteiger partial charge in [-0.15, -0.1) is 11.3 Å². The molecule has 1 amide bonds. The first kappa shape index (κ1) is 14.5. The maximum absolute atomic E-state index is 12.2. The summed E-state index contributed by atoms with van der Waals surface area (Å²) in [6, 6.07) is 12.2. The molecule has 2 rings (SSSR count). The molecule has 0 aliphatic heterocycles. The number of likely N-dealkylation sites (N-methyl/N-ethyl adjacent to an activating group) is 1. The van der Waals surface area contributed by atoms with Gasteiger partial charge in [0.05, 0.1) is 6.54 Å². The van der Waals surface area contributed by atoms with Gasteiger partial charge in [-0.1, -0.05) is 35.9 Å². The van der Waals surface area contributed by atoms with Crippen LogP contribution in [0.2, 0.25) is 0 Å². The van der Waals surface area contributed by atoms with Gasteiger partial charge in [-0.25, -0.2) is 0 Å². The Kier molecular flexibility index (Phi) is 5.13. The van der Waals surface area contributed by atoms with Crippen molar-refractivity contribution in [2.24, 2.45) is 0 Å². The summed E-state index contributed by atoms with van der Waals surface area (Å²) in [6.07, 6.45) is 3.53. The predicted octanol–water partition coefficient (Wildman–Crippen LogP) is 4.12. The molecule has 0 atom stereocenters. The summed E-state index contributed by atoms with van der Waals surface area (Å²) in [5.41, 5.74) is 2.28. The van der Waals surface area contributed by atoms with E-state index in [1.807, 2.05) is 53.6 Å². The van der Waals surface area contributed by atoms with E-state index in [-0.39, 0.29) is 5.91 Å². The Morgan fingerprint density at radius 2 is 2.00 bits per heavy atom. The van der Waals surface area contributed by atoms with Crippen molar-refractivity contribution in [3.05, 3.63) is 63.9 Å². The second-order valence-electron chi connectivity index (χ2n) is 4.68. The fourth-order valence-corrected chi connectivity index (χ4v) is 2.61. The molecule has 0 unspecified atom stereocenters. The zero-order chi connectivity index (χ0) is 14.4. The van der Waals surface area contributed by atoms with Crippen molar-refractivity contribution in [3.8, 4) is 0 Å². The molecule has 0 saturated carbocycles. The lowest BCUT2D eigenvalue weighted by Gasteiger charge is -2.18. The van der Waals surface area contributed by atoms with Crippen LogP contribution in [0.4, 0.5) is 0 Å². The predicted molar refractivity (Wildman–Crippen MR) is 85.6 cm³/mol. The van der Waals surface area contributed by atoms with E-state index >= 15 is 0 Å². The maximum Gasteiger partial charge on any atom is 0.246 e. The molecule has 0 saturated heterocycles. The molecule has 0 N–H and O–H groups in total. The van der Waals surface area contributed by atoms with Crippen LogP contribution >= 0.6 is 11.3 Å². The van der Waals surface area contributed by atoms with Gasteiger partial charge in [0.15, 0.2) is 0 Å². The number of carbonyl (C=O) groups is 1. The van der Waals surface area contributed by atoms with Gasteiger partial charge in [0.1, 0.15) is 0 Å². The molecule has 0 spiro atoms. The Bertz CT molecular complexity index is 570. The molecule has 0 radical (unpaired) electrons. The van der Waals surface area contributed by atoms with Gasteiger partial charge in [-0.3, -0.25) is 4.79 Å². The first-order valence-electron chi connectivity index (χ1n) is 6.75. The Hall–Kier alpha value is -1.87. The number of aryl methyl sites for hydroxylation is 1. The summed E-state index contributed by atoms with van der Waals surface area (Å²) < 4.78 is 0. The average Bonchev–Trinajstić information content (AvgIpc) is 2.97. The lowest BCUT2D eigenvalue weighted by Crippen LogP contribution is -2.28. The van der Waals surface area contributed by atoms with E-state index in [0.29, 0.717) is 6.54 Å². The largest absolute Gasteiger partial charge is 0.334 e. The Morgan fingerprint density at radius 3 is 2.60 bits per heavy atom. The number of amides is 1. The maximum atomic E-state index is 12.2. The highest BCUT2D eigenvalue weighted by molar-refractivity contribution is 7.09. The van der Waals surface area contributed by atoms with E-state index in [1.54, 1.807) is 17.4 Å². The van der Waals surface area contributed by atoms with Crippen LogP contribution in [0, 0.1) is 6.92 Å². The number of thiophene rings is 1. The minimum Gasteiger partial charge on any atom is -0.334 e. The van der Waals surface area contributed by atoms with E-state index in [1.165, 1.54) is 10.4 Å². The van der Waals surface area contributed by atoms with Crippen molar-refractivity contribution in [1.82, 2.24) is 4.90 Å². The quantitative estimate of drug-likeness (QED) is 0.757. The van der Waals surface area contributed by atoms with Gasteiger partial charge in [0.2, 0.25) is 5.91 Å². The van der Waals surface area contributed by atoms with Crippen molar-refractivity contribution < 1.29 is 4.79 Å². The molecule has 1 heterocycles. The molecular weight excluding hydrogens is 266 g/mol. The van der Waals surface area contributed by atoms with Crippen LogP contribution in [0.15, 0.2) is 47.9 Å². The third-order valence-corrected chi connectivity index (χ3v) is 3.98. The van der Waals surface area contributed by atoms with Gasteiger partial charge in [0, 0.05) is 17.5 Å². The van der Waals surface area contributed by atoms with Crippen LogP contribution in [0.1, 0.15) is 22.9 Å². The van der Waals surface area contributed by atoms with Crippen LogP contribution < -0.4 is 0 Å². The van der Waals surface area contributed by atoms with Crippen LogP contribution in [0.5, 0.6) is 0 Å². The fraction of sp³-hybridized carbons (Fsp3) is 0.235. The second-order valence-corrected chi connectivity index (χ2v) is 5.71. The van der Waals surface area contributed by atoms with E-state index < -0.39 is 0 Å². The van der Waals surface area contributed by atoms with Crippen LogP contribution in [0.25, 0.3) is 6.08 Å². The lowest BCUT2D eigenvalue weighted by atomic mass is 10.1. The fourth-order valence-electron chi connectivity index (χ4n) is 1.89. The highest BCUT2D eigenvalue weighted by Crippen LogP contribution is 2.12. The molecule has 2 nitrogen and oxygen atoms in total. The van der Waals surface area contributed by atoms with Crippen molar-refractivity contribution in [1.29, 1.82) is 0 Å². The number of hydrogen-bond acceptors (Lipinski definition) is 2. The molecule has 20 heavy (non-hydrogen) atoms. The lowest BCUT2D eigenvalue weighted by molar-refractivity contribution is -0.126. The molecule has 0 bridgehead atoms. The third kappa shape index (κ3) is 4.07. The summed E-state index contributed by atoms with van der Waals surface area (Å²) in [5, 5.41) is 2.04.